The molecule has 1 atom stereocenters. The predicted molar refractivity (Wildman–Crippen MR) is 138 cm³/mol. The van der Waals surface area contributed by atoms with Crippen LogP contribution in [0, 0.1) is 5.82 Å². The van der Waals surface area contributed by atoms with Gasteiger partial charge in [0.2, 0.25) is 5.91 Å². The molecule has 0 saturated carbocycles. The molecule has 2 amide bonds. The molecular formula is C27H29ClFN3O3. The second-order valence-corrected chi connectivity index (χ2v) is 8.39. The number of benzene rings is 2. The Balaban J connectivity index is 1.68. The van der Waals surface area contributed by atoms with Gasteiger partial charge in [-0.15, -0.1) is 0 Å². The van der Waals surface area contributed by atoms with Crippen molar-refractivity contribution in [1.29, 1.82) is 0 Å². The normalized spacial score (nSPS) is 15.8. The fourth-order valence-corrected chi connectivity index (χ4v) is 3.83. The van der Waals surface area contributed by atoms with Crippen LogP contribution in [0.5, 0.6) is 0 Å². The topological polar surface area (TPSA) is 61.9 Å². The largest absolute Gasteiger partial charge is 0.442 e. The van der Waals surface area contributed by atoms with Crippen LogP contribution < -0.4 is 10.2 Å². The maximum Gasteiger partial charge on any atom is 0.414 e. The summed E-state index contributed by atoms with van der Waals surface area (Å²) in [5.41, 5.74) is 4.19. The number of rotatable bonds is 11. The highest BCUT2D eigenvalue weighted by Gasteiger charge is 2.32. The van der Waals surface area contributed by atoms with Crippen molar-refractivity contribution < 1.29 is 18.7 Å². The lowest BCUT2D eigenvalue weighted by molar-refractivity contribution is -0.119. The molecular weight excluding hydrogens is 469 g/mol. The number of carbonyl (C=O) groups excluding carboxylic acids is 2. The molecule has 0 radical (unpaired) electrons. The second-order valence-electron chi connectivity index (χ2n) is 8.13. The molecule has 1 saturated heterocycles. The van der Waals surface area contributed by atoms with E-state index in [2.05, 4.69) is 16.8 Å². The van der Waals surface area contributed by atoms with Crippen LogP contribution in [0.25, 0.3) is 11.1 Å². The van der Waals surface area contributed by atoms with Gasteiger partial charge in [0.25, 0.3) is 0 Å². The maximum atomic E-state index is 15.0. The highest BCUT2D eigenvalue weighted by molar-refractivity contribution is 6.25. The summed E-state index contributed by atoms with van der Waals surface area (Å²) in [5.74, 6) is -0.637. The zero-order valence-electron chi connectivity index (χ0n) is 19.6. The van der Waals surface area contributed by atoms with E-state index >= 15 is 4.39 Å². The predicted octanol–water partition coefficient (Wildman–Crippen LogP) is 5.25. The van der Waals surface area contributed by atoms with E-state index < -0.39 is 18.0 Å². The van der Waals surface area contributed by atoms with Gasteiger partial charge in [0.05, 0.1) is 18.8 Å². The Kier molecular flexibility index (Phi) is 9.64. The summed E-state index contributed by atoms with van der Waals surface area (Å²) >= 11 is 5.69. The minimum atomic E-state index is -0.562. The first-order valence-corrected chi connectivity index (χ1v) is 11.7. The molecule has 1 aliphatic heterocycles. The number of halogens is 2. The van der Waals surface area contributed by atoms with Gasteiger partial charge in [-0.3, -0.25) is 14.6 Å². The van der Waals surface area contributed by atoms with E-state index in [4.69, 9.17) is 16.3 Å². The fourth-order valence-electron chi connectivity index (χ4n) is 3.75. The van der Waals surface area contributed by atoms with Crippen molar-refractivity contribution in [3.63, 3.8) is 0 Å². The van der Waals surface area contributed by atoms with Gasteiger partial charge < -0.3 is 10.1 Å². The van der Waals surface area contributed by atoms with Crippen molar-refractivity contribution in [3.8, 4) is 11.1 Å². The summed E-state index contributed by atoms with van der Waals surface area (Å²) in [4.78, 5) is 26.9. The molecule has 35 heavy (non-hydrogen) atoms. The average molecular weight is 498 g/mol. The number of amides is 2. The maximum absolute atomic E-state index is 15.0. The Morgan fingerprint density at radius 3 is 2.66 bits per heavy atom. The number of cyclic esters (lactones) is 1. The minimum Gasteiger partial charge on any atom is -0.442 e. The molecule has 0 aliphatic carbocycles. The summed E-state index contributed by atoms with van der Waals surface area (Å²) < 4.78 is 20.3. The third kappa shape index (κ3) is 7.53. The van der Waals surface area contributed by atoms with Gasteiger partial charge in [0.1, 0.15) is 11.9 Å². The molecule has 184 valence electrons. The van der Waals surface area contributed by atoms with Crippen LogP contribution in [0.15, 0.2) is 78.9 Å². The van der Waals surface area contributed by atoms with Gasteiger partial charge in [0.15, 0.2) is 0 Å². The molecule has 1 aliphatic rings. The van der Waals surface area contributed by atoms with Crippen molar-refractivity contribution >= 4 is 29.3 Å². The van der Waals surface area contributed by atoms with E-state index in [1.807, 2.05) is 42.5 Å². The summed E-state index contributed by atoms with van der Waals surface area (Å²) in [6.45, 7) is 7.70. The van der Waals surface area contributed by atoms with Crippen LogP contribution in [-0.2, 0) is 16.1 Å². The highest BCUT2D eigenvalue weighted by Crippen LogP contribution is 2.29. The lowest BCUT2D eigenvalue weighted by Crippen LogP contribution is -2.33. The van der Waals surface area contributed by atoms with Crippen LogP contribution in [0.2, 0.25) is 0 Å². The second kappa shape index (κ2) is 12.9. The molecule has 6 nitrogen and oxygen atoms in total. The lowest BCUT2D eigenvalue weighted by atomic mass is 10.0. The first kappa shape index (κ1) is 26.2. The Morgan fingerprint density at radius 1 is 1.26 bits per heavy atom. The Labute approximate surface area is 210 Å². The summed E-state index contributed by atoms with van der Waals surface area (Å²) in [6.07, 6.45) is 6.51. The number of hydrogen-bond donors (Lipinski definition) is 1. The molecule has 1 fully saturated rings. The highest BCUT2D eigenvalue weighted by atomic mass is 35.5. The fraction of sp³-hybridized carbons (Fsp3) is 0.259. The number of carbonyl (C=O) groups is 2. The van der Waals surface area contributed by atoms with E-state index in [0.717, 1.165) is 17.7 Å². The summed E-state index contributed by atoms with van der Waals surface area (Å²) in [6, 6.07) is 12.4. The SMILES string of the molecule is C=C/C=C/CN(C/C=C/Cl)Cc1ccc(-c2ccc(N3C[C@H](CNC(C)=O)OC3=O)cc2F)cc1. The van der Waals surface area contributed by atoms with Crippen LogP contribution in [0.3, 0.4) is 0 Å². The first-order valence-electron chi connectivity index (χ1n) is 11.3. The van der Waals surface area contributed by atoms with Gasteiger partial charge in [-0.05, 0) is 29.3 Å². The Morgan fingerprint density at radius 2 is 2.00 bits per heavy atom. The quantitative estimate of drug-likeness (QED) is 0.431. The van der Waals surface area contributed by atoms with Gasteiger partial charge >= 0.3 is 6.09 Å². The van der Waals surface area contributed by atoms with Crippen molar-refractivity contribution in [2.24, 2.45) is 0 Å². The van der Waals surface area contributed by atoms with Gasteiger partial charge in [-0.2, -0.15) is 0 Å². The number of hydrogen-bond acceptors (Lipinski definition) is 4. The van der Waals surface area contributed by atoms with Gasteiger partial charge in [-0.1, -0.05) is 66.7 Å². The number of ether oxygens (including phenoxy) is 1. The summed E-state index contributed by atoms with van der Waals surface area (Å²) in [7, 11) is 0. The van der Waals surface area contributed by atoms with Crippen LogP contribution in [-0.4, -0.2) is 49.2 Å². The van der Waals surface area contributed by atoms with E-state index in [1.165, 1.54) is 23.4 Å². The number of anilines is 1. The van der Waals surface area contributed by atoms with Crippen LogP contribution in [0.1, 0.15) is 12.5 Å². The third-order valence-corrected chi connectivity index (χ3v) is 5.65. The van der Waals surface area contributed by atoms with Crippen LogP contribution in [0.4, 0.5) is 14.9 Å². The molecule has 1 N–H and O–H groups in total. The molecule has 1 heterocycles. The molecule has 2 aromatic carbocycles. The third-order valence-electron chi connectivity index (χ3n) is 5.48. The van der Waals surface area contributed by atoms with Crippen molar-refractivity contribution in [2.75, 3.05) is 31.1 Å². The van der Waals surface area contributed by atoms with Gasteiger partial charge in [-0.25, -0.2) is 9.18 Å². The van der Waals surface area contributed by atoms with E-state index in [0.29, 0.717) is 24.3 Å². The molecule has 0 spiro atoms. The van der Waals surface area contributed by atoms with Crippen molar-refractivity contribution in [1.82, 2.24) is 10.2 Å². The molecule has 3 rings (SSSR count). The van der Waals surface area contributed by atoms with Crippen LogP contribution >= 0.6 is 11.6 Å². The van der Waals surface area contributed by atoms with E-state index in [-0.39, 0.29) is 19.0 Å². The zero-order chi connectivity index (χ0) is 25.2. The van der Waals surface area contributed by atoms with Crippen molar-refractivity contribution in [2.45, 2.75) is 19.6 Å². The molecule has 0 aromatic heterocycles. The number of nitrogens with zero attached hydrogens (tertiary/aromatic N) is 2. The monoisotopic (exact) mass is 497 g/mol. The first-order chi connectivity index (χ1) is 16.9. The molecule has 8 heteroatoms. The molecule has 0 bridgehead atoms. The smallest absolute Gasteiger partial charge is 0.414 e. The molecule has 2 aromatic rings. The van der Waals surface area contributed by atoms with E-state index in [1.54, 1.807) is 18.2 Å². The Bertz CT molecular complexity index is 1100. The van der Waals surface area contributed by atoms with E-state index in [9.17, 15) is 9.59 Å². The van der Waals surface area contributed by atoms with Gasteiger partial charge in [0, 0.05) is 37.7 Å². The standard InChI is InChI=1S/C27H29ClFN3O3/c1-3-4-5-14-31(15-6-13-28)18-21-7-9-22(10-8-21)25-12-11-23(16-26(25)29)32-19-24(35-27(32)34)17-30-20(2)33/h3-13,16,24H,1,14-15,17-19H2,2H3,(H,30,33)/b5-4+,13-6+/t24-/m0/s1. The lowest BCUT2D eigenvalue weighted by Gasteiger charge is -2.19. The number of allylic oxidation sites excluding steroid dienone is 2. The Hall–Kier alpha value is -3.42. The average Bonchev–Trinajstić information content (AvgIpc) is 3.22. The number of nitrogens with one attached hydrogen (secondary N) is 1. The summed E-state index contributed by atoms with van der Waals surface area (Å²) in [5, 5.41) is 2.62. The zero-order valence-corrected chi connectivity index (χ0v) is 20.4. The van der Waals surface area contributed by atoms with Crippen molar-refractivity contribution in [3.05, 3.63) is 90.3 Å². The molecule has 0 unspecified atom stereocenters. The minimum absolute atomic E-state index is 0.203.